The van der Waals surface area contributed by atoms with E-state index in [1.807, 2.05) is 13.8 Å². The molecule has 1 aromatic carbocycles. The Kier molecular flexibility index (Phi) is 4.90. The van der Waals surface area contributed by atoms with Gasteiger partial charge in [-0.15, -0.1) is 0 Å². The molecule has 0 saturated heterocycles. The first-order valence-corrected chi connectivity index (χ1v) is 7.49. The number of nitrogens with one attached hydrogen (secondary N) is 2. The summed E-state index contributed by atoms with van der Waals surface area (Å²) in [6.45, 7) is 5.45. The van der Waals surface area contributed by atoms with Crippen molar-refractivity contribution in [2.45, 2.75) is 26.9 Å². The Balaban J connectivity index is 2.04. The first-order chi connectivity index (χ1) is 9.88. The highest BCUT2D eigenvalue weighted by Gasteiger charge is 2.18. The minimum absolute atomic E-state index is 0.272. The van der Waals surface area contributed by atoms with Gasteiger partial charge in [0.2, 0.25) is 0 Å². The molecule has 5 nitrogen and oxygen atoms in total. The van der Waals surface area contributed by atoms with Crippen LogP contribution in [0.25, 0.3) is 0 Å². The topological polar surface area (TPSA) is 67.0 Å². The number of rotatable bonds is 4. The van der Waals surface area contributed by atoms with Crippen molar-refractivity contribution in [3.63, 3.8) is 0 Å². The van der Waals surface area contributed by atoms with Gasteiger partial charge in [-0.3, -0.25) is 9.89 Å². The Morgan fingerprint density at radius 3 is 2.76 bits per heavy atom. The fourth-order valence-corrected chi connectivity index (χ4v) is 2.42. The number of H-pyrrole nitrogens is 1. The van der Waals surface area contributed by atoms with Crippen LogP contribution in [0.4, 0.5) is 5.82 Å². The summed E-state index contributed by atoms with van der Waals surface area (Å²) in [5.74, 6) is 0.798. The largest absolute Gasteiger partial charge is 0.480 e. The average Bonchev–Trinajstić information content (AvgIpc) is 2.73. The highest BCUT2D eigenvalue weighted by atomic mass is 79.9. The maximum Gasteiger partial charge on any atom is 0.266 e. The minimum atomic E-state index is -0.668. The highest BCUT2D eigenvalue weighted by molar-refractivity contribution is 9.10. The Morgan fingerprint density at radius 1 is 1.48 bits per heavy atom. The monoisotopic (exact) mass is 371 g/mol. The summed E-state index contributed by atoms with van der Waals surface area (Å²) in [5, 5.41) is 10.2. The second kappa shape index (κ2) is 6.49. The van der Waals surface area contributed by atoms with Crippen LogP contribution in [-0.2, 0) is 4.79 Å². The number of benzene rings is 1. The van der Waals surface area contributed by atoms with E-state index in [1.54, 1.807) is 25.1 Å². The van der Waals surface area contributed by atoms with Gasteiger partial charge in [0.15, 0.2) is 11.9 Å². The summed E-state index contributed by atoms with van der Waals surface area (Å²) in [6.07, 6.45) is -0.668. The molecule has 0 fully saturated rings. The molecule has 2 aromatic rings. The van der Waals surface area contributed by atoms with Crippen molar-refractivity contribution in [3.8, 4) is 5.75 Å². The zero-order chi connectivity index (χ0) is 15.6. The second-order valence-corrected chi connectivity index (χ2v) is 5.94. The summed E-state index contributed by atoms with van der Waals surface area (Å²) in [6, 6.07) is 5.12. The molecule has 1 heterocycles. The molecule has 1 amide bonds. The van der Waals surface area contributed by atoms with E-state index in [2.05, 4.69) is 31.4 Å². The van der Waals surface area contributed by atoms with Crippen molar-refractivity contribution in [2.24, 2.45) is 0 Å². The van der Waals surface area contributed by atoms with Crippen LogP contribution in [-0.4, -0.2) is 22.2 Å². The van der Waals surface area contributed by atoms with Crippen LogP contribution in [0.5, 0.6) is 5.75 Å². The Hall–Kier alpha value is -1.53. The van der Waals surface area contributed by atoms with Crippen LogP contribution in [0.15, 0.2) is 22.7 Å². The number of carbonyl (C=O) groups is 1. The van der Waals surface area contributed by atoms with Crippen molar-refractivity contribution in [1.82, 2.24) is 10.2 Å². The second-order valence-electron chi connectivity index (χ2n) is 4.65. The molecule has 0 aliphatic carbocycles. The number of hydrogen-bond donors (Lipinski definition) is 2. The fraction of sp³-hybridized carbons (Fsp3) is 0.286. The van der Waals surface area contributed by atoms with Crippen LogP contribution >= 0.6 is 27.5 Å². The molecule has 7 heteroatoms. The lowest BCUT2D eigenvalue weighted by Gasteiger charge is -2.15. The number of ether oxygens (including phenoxy) is 1. The summed E-state index contributed by atoms with van der Waals surface area (Å²) < 4.78 is 6.32. The van der Waals surface area contributed by atoms with Gasteiger partial charge in [0.25, 0.3) is 5.91 Å². The van der Waals surface area contributed by atoms with Gasteiger partial charge >= 0.3 is 0 Å². The van der Waals surface area contributed by atoms with E-state index in [-0.39, 0.29) is 5.91 Å². The van der Waals surface area contributed by atoms with Crippen LogP contribution in [0, 0.1) is 13.8 Å². The molecule has 0 aliphatic rings. The van der Waals surface area contributed by atoms with Crippen molar-refractivity contribution in [1.29, 1.82) is 0 Å². The molecule has 1 aromatic heterocycles. The van der Waals surface area contributed by atoms with Crippen LogP contribution < -0.4 is 10.1 Å². The summed E-state index contributed by atoms with van der Waals surface area (Å²) >= 11 is 9.21. The maximum atomic E-state index is 12.1. The summed E-state index contributed by atoms with van der Waals surface area (Å²) in [4.78, 5) is 12.1. The van der Waals surface area contributed by atoms with Gasteiger partial charge in [0, 0.05) is 16.3 Å². The maximum absolute atomic E-state index is 12.1. The van der Waals surface area contributed by atoms with Gasteiger partial charge in [0.1, 0.15) is 5.75 Å². The van der Waals surface area contributed by atoms with Crippen LogP contribution in [0.2, 0.25) is 5.02 Å². The third-order valence-corrected chi connectivity index (χ3v) is 3.92. The minimum Gasteiger partial charge on any atom is -0.480 e. The lowest BCUT2D eigenvalue weighted by molar-refractivity contribution is -0.122. The molecule has 2 N–H and O–H groups in total. The molecule has 0 bridgehead atoms. The van der Waals surface area contributed by atoms with E-state index in [0.717, 1.165) is 11.3 Å². The van der Waals surface area contributed by atoms with E-state index in [0.29, 0.717) is 21.1 Å². The zero-order valence-electron chi connectivity index (χ0n) is 11.8. The molecule has 21 heavy (non-hydrogen) atoms. The number of carbonyl (C=O) groups excluding carboxylic acids is 1. The summed E-state index contributed by atoms with van der Waals surface area (Å²) in [7, 11) is 0. The number of anilines is 1. The molecule has 112 valence electrons. The summed E-state index contributed by atoms with van der Waals surface area (Å²) in [5.41, 5.74) is 1.82. The van der Waals surface area contributed by atoms with Gasteiger partial charge in [-0.05, 0) is 54.9 Å². The molecule has 0 aliphatic heterocycles. The third kappa shape index (κ3) is 3.77. The Morgan fingerprint density at radius 2 is 2.19 bits per heavy atom. The zero-order valence-corrected chi connectivity index (χ0v) is 14.2. The Bertz CT molecular complexity index is 672. The first-order valence-electron chi connectivity index (χ1n) is 6.32. The predicted octanol–water partition coefficient (Wildman–Crippen LogP) is 3.85. The lowest BCUT2D eigenvalue weighted by atomic mass is 10.2. The number of halogens is 2. The first kappa shape index (κ1) is 15.9. The molecule has 0 spiro atoms. The van der Waals surface area contributed by atoms with Gasteiger partial charge < -0.3 is 10.1 Å². The van der Waals surface area contributed by atoms with Crippen molar-refractivity contribution < 1.29 is 9.53 Å². The van der Waals surface area contributed by atoms with Crippen LogP contribution in [0.3, 0.4) is 0 Å². The molecule has 0 saturated carbocycles. The van der Waals surface area contributed by atoms with Crippen molar-refractivity contribution in [3.05, 3.63) is 39.0 Å². The standard InChI is InChI=1S/C14H15BrClN3O2/c1-7-8(2)18-19-13(7)17-14(20)9(3)21-12-5-4-10(16)6-11(12)15/h4-6,9H,1-3H3,(H2,17,18,19,20). The number of amides is 1. The van der Waals surface area contributed by atoms with E-state index < -0.39 is 6.10 Å². The van der Waals surface area contributed by atoms with Gasteiger partial charge in [-0.2, -0.15) is 5.10 Å². The van der Waals surface area contributed by atoms with Crippen molar-refractivity contribution in [2.75, 3.05) is 5.32 Å². The fourth-order valence-electron chi connectivity index (χ4n) is 1.64. The van der Waals surface area contributed by atoms with Crippen molar-refractivity contribution >= 4 is 39.3 Å². The van der Waals surface area contributed by atoms with E-state index in [9.17, 15) is 4.79 Å². The van der Waals surface area contributed by atoms with Gasteiger partial charge in [-0.1, -0.05) is 11.6 Å². The SMILES string of the molecule is Cc1[nH]nc(NC(=O)C(C)Oc2ccc(Cl)cc2Br)c1C. The number of aryl methyl sites for hydroxylation is 1. The third-order valence-electron chi connectivity index (χ3n) is 3.06. The highest BCUT2D eigenvalue weighted by Crippen LogP contribution is 2.29. The molecule has 1 atom stereocenters. The predicted molar refractivity (Wildman–Crippen MR) is 85.9 cm³/mol. The van der Waals surface area contributed by atoms with Gasteiger partial charge in [-0.25, -0.2) is 0 Å². The molecule has 1 unspecified atom stereocenters. The van der Waals surface area contributed by atoms with Gasteiger partial charge in [0.05, 0.1) is 4.47 Å². The molecular formula is C14H15BrClN3O2. The Labute approximate surface area is 136 Å². The smallest absolute Gasteiger partial charge is 0.266 e. The molecule has 0 radical (unpaired) electrons. The van der Waals surface area contributed by atoms with E-state index in [1.165, 1.54) is 0 Å². The number of nitrogens with zero attached hydrogens (tertiary/aromatic N) is 1. The van der Waals surface area contributed by atoms with E-state index in [4.69, 9.17) is 16.3 Å². The average molecular weight is 373 g/mol. The van der Waals surface area contributed by atoms with Crippen LogP contribution in [0.1, 0.15) is 18.2 Å². The number of aromatic nitrogens is 2. The number of aromatic amines is 1. The molecular weight excluding hydrogens is 358 g/mol. The molecule has 2 rings (SSSR count). The quantitative estimate of drug-likeness (QED) is 0.856. The normalized spacial score (nSPS) is 12.0. The number of hydrogen-bond acceptors (Lipinski definition) is 3. The lowest BCUT2D eigenvalue weighted by Crippen LogP contribution is -2.30. The van der Waals surface area contributed by atoms with E-state index >= 15 is 0 Å².